The molecule has 1 unspecified atom stereocenters. The first-order valence-corrected chi connectivity index (χ1v) is 11.0. The van der Waals surface area contributed by atoms with Gasteiger partial charge in [-0.05, 0) is 36.2 Å². The molecule has 0 bridgehead atoms. The maximum Gasteiger partial charge on any atom is 0.332 e. The van der Waals surface area contributed by atoms with Crippen LogP contribution in [0.5, 0.6) is 0 Å². The van der Waals surface area contributed by atoms with Crippen molar-refractivity contribution in [1.82, 2.24) is 25.5 Å². The monoisotopic (exact) mass is 462 g/mol. The van der Waals surface area contributed by atoms with Crippen LogP contribution in [-0.4, -0.2) is 57.8 Å². The number of ether oxygens (including phenoxy) is 1. The molecule has 33 heavy (non-hydrogen) atoms. The predicted molar refractivity (Wildman–Crippen MR) is 123 cm³/mol. The third-order valence-electron chi connectivity index (χ3n) is 6.35. The van der Waals surface area contributed by atoms with Crippen molar-refractivity contribution in [3.8, 4) is 11.1 Å². The van der Waals surface area contributed by atoms with Gasteiger partial charge in [-0.3, -0.25) is 9.89 Å². The molecule has 2 aliphatic heterocycles. The summed E-state index contributed by atoms with van der Waals surface area (Å²) in [5.41, 5.74) is 4.70. The third-order valence-corrected chi connectivity index (χ3v) is 6.66. The summed E-state index contributed by atoms with van der Waals surface area (Å²) >= 11 is 6.77. The highest BCUT2D eigenvalue weighted by Gasteiger charge is 2.39. The van der Waals surface area contributed by atoms with Crippen LogP contribution in [0.4, 0.5) is 5.82 Å². The second-order valence-electron chi connectivity index (χ2n) is 8.43. The Morgan fingerprint density at radius 1 is 1.24 bits per heavy atom. The summed E-state index contributed by atoms with van der Waals surface area (Å²) in [4.78, 5) is 34.6. The number of aryl methyl sites for hydroxylation is 1. The maximum absolute atomic E-state index is 12.4. The summed E-state index contributed by atoms with van der Waals surface area (Å²) in [7, 11) is 0. The number of benzene rings is 2. The lowest BCUT2D eigenvalue weighted by Crippen LogP contribution is -2.60. The van der Waals surface area contributed by atoms with Crippen molar-refractivity contribution in [2.75, 3.05) is 24.6 Å². The standard InChI is InChI=1S/C23H19ClN6O3/c1-11-2-3-17-15(6-27-29-17)20(11)13-5-18-14(4-16(13)24)21(26-10-25-18)30-7-12(8-30)22(31)28-19-9-33-23(19)32/h2-6,10,12,19H,7-9H2,1H3,(H,27,29)(H,28,31). The number of aromatic amines is 1. The second-order valence-corrected chi connectivity index (χ2v) is 8.84. The number of hydrogen-bond acceptors (Lipinski definition) is 7. The smallest absolute Gasteiger partial charge is 0.332 e. The van der Waals surface area contributed by atoms with E-state index in [1.165, 1.54) is 6.33 Å². The molecule has 0 saturated carbocycles. The number of nitrogens with one attached hydrogen (secondary N) is 2. The zero-order chi connectivity index (χ0) is 22.7. The quantitative estimate of drug-likeness (QED) is 0.448. The van der Waals surface area contributed by atoms with E-state index in [0.29, 0.717) is 18.1 Å². The molecule has 2 aromatic carbocycles. The van der Waals surface area contributed by atoms with Gasteiger partial charge in [0.25, 0.3) is 0 Å². The van der Waals surface area contributed by atoms with Crippen LogP contribution in [0.1, 0.15) is 5.56 Å². The lowest BCUT2D eigenvalue weighted by atomic mass is 9.95. The van der Waals surface area contributed by atoms with Crippen molar-refractivity contribution in [1.29, 1.82) is 0 Å². The van der Waals surface area contributed by atoms with Gasteiger partial charge in [-0.2, -0.15) is 5.10 Å². The lowest BCUT2D eigenvalue weighted by Gasteiger charge is -2.40. The fraction of sp³-hybridized carbons (Fsp3) is 0.261. The van der Waals surface area contributed by atoms with Gasteiger partial charge in [-0.15, -0.1) is 0 Å². The Morgan fingerprint density at radius 3 is 2.85 bits per heavy atom. The molecule has 2 aliphatic rings. The van der Waals surface area contributed by atoms with Gasteiger partial charge >= 0.3 is 5.97 Å². The summed E-state index contributed by atoms with van der Waals surface area (Å²) in [6.07, 6.45) is 3.33. The highest BCUT2D eigenvalue weighted by atomic mass is 35.5. The normalized spacial score (nSPS) is 18.2. The predicted octanol–water partition coefficient (Wildman–Crippen LogP) is 2.61. The zero-order valence-electron chi connectivity index (χ0n) is 17.6. The number of rotatable bonds is 4. The van der Waals surface area contributed by atoms with E-state index in [2.05, 4.69) is 25.5 Å². The molecular formula is C23H19ClN6O3. The van der Waals surface area contributed by atoms with Crippen molar-refractivity contribution >= 4 is 51.1 Å². The van der Waals surface area contributed by atoms with Crippen molar-refractivity contribution in [3.05, 3.63) is 47.4 Å². The minimum atomic E-state index is -0.521. The highest BCUT2D eigenvalue weighted by Crippen LogP contribution is 2.39. The average Bonchev–Trinajstić information content (AvgIpc) is 3.24. The summed E-state index contributed by atoms with van der Waals surface area (Å²) in [5, 5.41) is 12.3. The number of aromatic nitrogens is 4. The summed E-state index contributed by atoms with van der Waals surface area (Å²) < 4.78 is 4.69. The number of anilines is 1. The SMILES string of the molecule is Cc1ccc2[nH]ncc2c1-c1cc2ncnc(N3CC(C(=O)NC4COC4=O)C3)c2cc1Cl. The number of esters is 1. The fourth-order valence-electron chi connectivity index (χ4n) is 4.43. The van der Waals surface area contributed by atoms with Crippen LogP contribution < -0.4 is 10.2 Å². The van der Waals surface area contributed by atoms with E-state index in [9.17, 15) is 9.59 Å². The molecule has 0 radical (unpaired) electrons. The molecule has 4 heterocycles. The van der Waals surface area contributed by atoms with Crippen LogP contribution in [0.25, 0.3) is 32.9 Å². The van der Waals surface area contributed by atoms with Gasteiger partial charge < -0.3 is 15.0 Å². The minimum Gasteiger partial charge on any atom is -0.461 e. The van der Waals surface area contributed by atoms with E-state index in [1.807, 2.05) is 36.1 Å². The van der Waals surface area contributed by atoms with Gasteiger partial charge in [-0.1, -0.05) is 17.7 Å². The number of amides is 1. The number of nitrogens with zero attached hydrogens (tertiary/aromatic N) is 4. The van der Waals surface area contributed by atoms with E-state index in [1.54, 1.807) is 6.20 Å². The lowest BCUT2D eigenvalue weighted by molar-refractivity contribution is -0.165. The fourth-order valence-corrected chi connectivity index (χ4v) is 4.69. The van der Waals surface area contributed by atoms with E-state index in [0.717, 1.165) is 44.3 Å². The Labute approximate surface area is 193 Å². The molecule has 0 spiro atoms. The molecule has 2 N–H and O–H groups in total. The molecule has 2 saturated heterocycles. The third kappa shape index (κ3) is 3.19. The van der Waals surface area contributed by atoms with Gasteiger partial charge in [0, 0.05) is 34.4 Å². The number of cyclic esters (lactones) is 1. The number of hydrogen-bond donors (Lipinski definition) is 2. The first-order chi connectivity index (χ1) is 16.0. The Morgan fingerprint density at radius 2 is 2.09 bits per heavy atom. The van der Waals surface area contributed by atoms with Crippen LogP contribution in [0, 0.1) is 12.8 Å². The maximum atomic E-state index is 12.4. The largest absolute Gasteiger partial charge is 0.461 e. The molecule has 166 valence electrons. The van der Waals surface area contributed by atoms with Gasteiger partial charge in [0.1, 0.15) is 18.8 Å². The molecule has 0 aliphatic carbocycles. The first-order valence-electron chi connectivity index (χ1n) is 10.6. The Hall–Kier alpha value is -3.72. The molecule has 10 heteroatoms. The van der Waals surface area contributed by atoms with E-state index in [4.69, 9.17) is 16.3 Å². The van der Waals surface area contributed by atoms with E-state index < -0.39 is 6.04 Å². The number of carbonyl (C=O) groups excluding carboxylic acids is 2. The number of H-pyrrole nitrogens is 1. The second kappa shape index (κ2) is 7.41. The van der Waals surface area contributed by atoms with Crippen molar-refractivity contribution in [2.24, 2.45) is 5.92 Å². The number of halogens is 1. The van der Waals surface area contributed by atoms with Crippen molar-refractivity contribution in [2.45, 2.75) is 13.0 Å². The minimum absolute atomic E-state index is 0.143. The topological polar surface area (TPSA) is 113 Å². The van der Waals surface area contributed by atoms with E-state index in [-0.39, 0.29) is 24.4 Å². The first kappa shape index (κ1) is 19.9. The van der Waals surface area contributed by atoms with Gasteiger partial charge in [0.15, 0.2) is 6.04 Å². The van der Waals surface area contributed by atoms with Crippen LogP contribution in [-0.2, 0) is 14.3 Å². The highest BCUT2D eigenvalue weighted by molar-refractivity contribution is 6.35. The van der Waals surface area contributed by atoms with Gasteiger partial charge in [0.05, 0.1) is 23.1 Å². The van der Waals surface area contributed by atoms with Crippen LogP contribution in [0.3, 0.4) is 0 Å². The Bertz CT molecular complexity index is 1450. The summed E-state index contributed by atoms with van der Waals surface area (Å²) in [5.74, 6) is 0.00156. The van der Waals surface area contributed by atoms with Crippen molar-refractivity contribution in [3.63, 3.8) is 0 Å². The van der Waals surface area contributed by atoms with Crippen LogP contribution in [0.2, 0.25) is 5.02 Å². The number of fused-ring (bicyclic) bond motifs is 2. The molecule has 1 amide bonds. The molecule has 1 atom stereocenters. The molecule has 4 aromatic rings. The Kier molecular flexibility index (Phi) is 4.48. The van der Waals surface area contributed by atoms with E-state index >= 15 is 0 Å². The number of carbonyl (C=O) groups is 2. The van der Waals surface area contributed by atoms with Crippen LogP contribution in [0.15, 0.2) is 36.8 Å². The van der Waals surface area contributed by atoms with Crippen molar-refractivity contribution < 1.29 is 14.3 Å². The Balaban J connectivity index is 1.31. The molecule has 2 aromatic heterocycles. The van der Waals surface area contributed by atoms with Gasteiger partial charge in [-0.25, -0.2) is 14.8 Å². The van der Waals surface area contributed by atoms with Crippen LogP contribution >= 0.6 is 11.6 Å². The van der Waals surface area contributed by atoms with Gasteiger partial charge in [0.2, 0.25) is 5.91 Å². The zero-order valence-corrected chi connectivity index (χ0v) is 18.4. The summed E-state index contributed by atoms with van der Waals surface area (Å²) in [6.45, 7) is 3.30. The molecule has 9 nitrogen and oxygen atoms in total. The molecular weight excluding hydrogens is 444 g/mol. The summed E-state index contributed by atoms with van der Waals surface area (Å²) in [6, 6.07) is 7.38. The molecule has 6 rings (SSSR count). The molecule has 2 fully saturated rings. The average molecular weight is 463 g/mol.